The number of thiophene rings is 1. The summed E-state index contributed by atoms with van der Waals surface area (Å²) in [5.41, 5.74) is 0. The van der Waals surface area contributed by atoms with Gasteiger partial charge in [0.05, 0.1) is 0 Å². The van der Waals surface area contributed by atoms with Crippen molar-refractivity contribution >= 4 is 34.7 Å². The summed E-state index contributed by atoms with van der Waals surface area (Å²) in [5.74, 6) is 1.75. The third kappa shape index (κ3) is 4.89. The molecule has 0 saturated carbocycles. The van der Waals surface area contributed by atoms with Gasteiger partial charge in [-0.15, -0.1) is 11.3 Å². The molecule has 0 radical (unpaired) electrons. The minimum atomic E-state index is 0.335. The van der Waals surface area contributed by atoms with Crippen LogP contribution in [0.2, 0.25) is 0 Å². The molecule has 2 aromatic rings. The number of nitrogens with zero attached hydrogens (tertiary/aromatic N) is 2. The molecule has 0 amide bonds. The Labute approximate surface area is 134 Å². The van der Waals surface area contributed by atoms with Crippen LogP contribution in [0.25, 0.3) is 0 Å². The molecule has 0 spiro atoms. The van der Waals surface area contributed by atoms with Gasteiger partial charge < -0.3 is 10.6 Å². The quantitative estimate of drug-likeness (QED) is 0.595. The molecular formula is C15H22N4S2. The van der Waals surface area contributed by atoms with Gasteiger partial charge in [-0.3, -0.25) is 0 Å². The number of nitrogens with one attached hydrogen (secondary N) is 2. The number of aryl methyl sites for hydroxylation is 1. The average Bonchev–Trinajstić information content (AvgIpc) is 2.83. The molecule has 4 nitrogen and oxygen atoms in total. The van der Waals surface area contributed by atoms with Gasteiger partial charge in [0.1, 0.15) is 11.6 Å². The minimum Gasteiger partial charge on any atom is -0.370 e. The fourth-order valence-electron chi connectivity index (χ4n) is 2.06. The normalized spacial score (nSPS) is 12.2. The van der Waals surface area contributed by atoms with E-state index in [0.717, 1.165) is 29.8 Å². The lowest BCUT2D eigenvalue weighted by Crippen LogP contribution is -2.19. The molecule has 2 N–H and O–H groups in total. The predicted molar refractivity (Wildman–Crippen MR) is 93.8 cm³/mol. The van der Waals surface area contributed by atoms with Crippen LogP contribution >= 0.6 is 23.1 Å². The Morgan fingerprint density at radius 2 is 2.05 bits per heavy atom. The van der Waals surface area contributed by atoms with Crippen molar-refractivity contribution in [2.24, 2.45) is 0 Å². The number of hydrogen-bond donors (Lipinski definition) is 2. The molecule has 0 saturated heterocycles. The lowest BCUT2D eigenvalue weighted by molar-refractivity contribution is 0.787. The average molecular weight is 323 g/mol. The van der Waals surface area contributed by atoms with Crippen LogP contribution in [0.3, 0.4) is 0 Å². The first kappa shape index (κ1) is 16.1. The van der Waals surface area contributed by atoms with Gasteiger partial charge in [-0.2, -0.15) is 0 Å². The van der Waals surface area contributed by atoms with E-state index in [4.69, 9.17) is 0 Å². The van der Waals surface area contributed by atoms with E-state index in [1.807, 2.05) is 23.7 Å². The molecule has 1 unspecified atom stereocenters. The van der Waals surface area contributed by atoms with Crippen LogP contribution in [0.5, 0.6) is 0 Å². The van der Waals surface area contributed by atoms with Crippen molar-refractivity contribution in [3.05, 3.63) is 28.0 Å². The largest absolute Gasteiger partial charge is 0.370 e. The minimum absolute atomic E-state index is 0.335. The van der Waals surface area contributed by atoms with Gasteiger partial charge in [-0.1, -0.05) is 11.8 Å². The van der Waals surface area contributed by atoms with Crippen molar-refractivity contribution in [3.63, 3.8) is 0 Å². The van der Waals surface area contributed by atoms with Gasteiger partial charge in [0.25, 0.3) is 0 Å². The molecule has 0 aliphatic carbocycles. The Balaban J connectivity index is 2.05. The van der Waals surface area contributed by atoms with Crippen molar-refractivity contribution in [2.45, 2.75) is 38.4 Å². The predicted octanol–water partition coefficient (Wildman–Crippen LogP) is 4.04. The number of thioether (sulfide) groups is 1. The molecule has 0 fully saturated rings. The Bertz CT molecular complexity index is 583. The van der Waals surface area contributed by atoms with E-state index in [1.54, 1.807) is 11.8 Å². The highest BCUT2D eigenvalue weighted by Gasteiger charge is 2.09. The fraction of sp³-hybridized carbons (Fsp3) is 0.467. The van der Waals surface area contributed by atoms with Gasteiger partial charge in [-0.05, 0) is 39.2 Å². The Kier molecular flexibility index (Phi) is 5.87. The van der Waals surface area contributed by atoms with Crippen LogP contribution in [0, 0.1) is 6.92 Å². The summed E-state index contributed by atoms with van der Waals surface area (Å²) in [5, 5.41) is 7.51. The van der Waals surface area contributed by atoms with Gasteiger partial charge in [0.15, 0.2) is 5.16 Å². The zero-order chi connectivity index (χ0) is 15.2. The van der Waals surface area contributed by atoms with E-state index in [2.05, 4.69) is 53.5 Å². The molecule has 6 heteroatoms. The zero-order valence-electron chi connectivity index (χ0n) is 12.9. The second-order valence-electron chi connectivity index (χ2n) is 4.92. The van der Waals surface area contributed by atoms with Crippen molar-refractivity contribution < 1.29 is 0 Å². The van der Waals surface area contributed by atoms with E-state index in [-0.39, 0.29) is 0 Å². The van der Waals surface area contributed by atoms with Gasteiger partial charge >= 0.3 is 0 Å². The standard InChI is InChI=1S/C15H22N4S2/c1-5-16-13-9-14(19-15(18-13)20-4)17-10(2)8-12-7-6-11(3)21-12/h6-7,9-10H,5,8H2,1-4H3,(H2,16,17,18,19). The molecule has 0 aliphatic rings. The van der Waals surface area contributed by atoms with Gasteiger partial charge in [-0.25, -0.2) is 9.97 Å². The Hall–Kier alpha value is -1.27. The molecule has 1 atom stereocenters. The van der Waals surface area contributed by atoms with E-state index in [1.165, 1.54) is 9.75 Å². The first-order chi connectivity index (χ1) is 10.1. The van der Waals surface area contributed by atoms with Gasteiger partial charge in [0.2, 0.25) is 0 Å². The smallest absolute Gasteiger partial charge is 0.191 e. The third-order valence-electron chi connectivity index (χ3n) is 2.94. The first-order valence-electron chi connectivity index (χ1n) is 7.09. The Morgan fingerprint density at radius 1 is 1.29 bits per heavy atom. The molecule has 0 aliphatic heterocycles. The molecule has 2 heterocycles. The van der Waals surface area contributed by atoms with E-state index >= 15 is 0 Å². The van der Waals surface area contributed by atoms with Crippen molar-refractivity contribution in [1.29, 1.82) is 0 Å². The molecular weight excluding hydrogens is 300 g/mol. The Morgan fingerprint density at radius 3 is 2.67 bits per heavy atom. The maximum Gasteiger partial charge on any atom is 0.191 e. The number of aromatic nitrogens is 2. The fourth-order valence-corrected chi connectivity index (χ4v) is 3.46. The SMILES string of the molecule is CCNc1cc(NC(C)Cc2ccc(C)s2)nc(SC)n1. The van der Waals surface area contributed by atoms with E-state index in [0.29, 0.717) is 6.04 Å². The van der Waals surface area contributed by atoms with Crippen molar-refractivity contribution in [2.75, 3.05) is 23.4 Å². The maximum atomic E-state index is 4.53. The lowest BCUT2D eigenvalue weighted by Gasteiger charge is -2.15. The summed E-state index contributed by atoms with van der Waals surface area (Å²) in [7, 11) is 0. The van der Waals surface area contributed by atoms with Crippen molar-refractivity contribution in [1.82, 2.24) is 9.97 Å². The van der Waals surface area contributed by atoms with Crippen LogP contribution in [0.1, 0.15) is 23.6 Å². The molecule has 0 aromatic carbocycles. The second kappa shape index (κ2) is 7.66. The molecule has 114 valence electrons. The van der Waals surface area contributed by atoms with Crippen LogP contribution in [0.15, 0.2) is 23.4 Å². The number of hydrogen-bond acceptors (Lipinski definition) is 6. The highest BCUT2D eigenvalue weighted by molar-refractivity contribution is 7.98. The lowest BCUT2D eigenvalue weighted by atomic mass is 10.2. The zero-order valence-corrected chi connectivity index (χ0v) is 14.6. The summed E-state index contributed by atoms with van der Waals surface area (Å²) in [6.45, 7) is 7.25. The summed E-state index contributed by atoms with van der Waals surface area (Å²) in [4.78, 5) is 11.7. The third-order valence-corrected chi connectivity index (χ3v) is 4.51. The van der Waals surface area contributed by atoms with Gasteiger partial charge in [0, 0.05) is 34.8 Å². The van der Waals surface area contributed by atoms with Crippen LogP contribution in [-0.4, -0.2) is 28.8 Å². The highest BCUT2D eigenvalue weighted by Crippen LogP contribution is 2.20. The summed E-state index contributed by atoms with van der Waals surface area (Å²) in [6, 6.07) is 6.68. The molecule has 0 bridgehead atoms. The monoisotopic (exact) mass is 322 g/mol. The highest BCUT2D eigenvalue weighted by atomic mass is 32.2. The number of anilines is 2. The van der Waals surface area contributed by atoms with Crippen LogP contribution in [0.4, 0.5) is 11.6 Å². The topological polar surface area (TPSA) is 49.8 Å². The van der Waals surface area contributed by atoms with Crippen LogP contribution in [-0.2, 0) is 6.42 Å². The second-order valence-corrected chi connectivity index (χ2v) is 7.06. The number of rotatable bonds is 7. The van der Waals surface area contributed by atoms with Crippen molar-refractivity contribution in [3.8, 4) is 0 Å². The maximum absolute atomic E-state index is 4.53. The van der Waals surface area contributed by atoms with Crippen LogP contribution < -0.4 is 10.6 Å². The summed E-state index contributed by atoms with van der Waals surface area (Å²) >= 11 is 3.41. The summed E-state index contributed by atoms with van der Waals surface area (Å²) in [6.07, 6.45) is 3.00. The summed E-state index contributed by atoms with van der Waals surface area (Å²) < 4.78 is 0. The molecule has 2 aromatic heterocycles. The molecule has 2 rings (SSSR count). The molecule has 21 heavy (non-hydrogen) atoms. The van der Waals surface area contributed by atoms with E-state index < -0.39 is 0 Å². The first-order valence-corrected chi connectivity index (χ1v) is 9.13. The van der Waals surface area contributed by atoms with E-state index in [9.17, 15) is 0 Å².